The Balaban J connectivity index is 1.51. The summed E-state index contributed by atoms with van der Waals surface area (Å²) in [6.07, 6.45) is 44.6. The molecule has 0 atom stereocenters. The van der Waals surface area contributed by atoms with Gasteiger partial charge in [0, 0.05) is 0 Å². The number of hydrogen-bond acceptors (Lipinski definition) is 4. The van der Waals surface area contributed by atoms with Crippen molar-refractivity contribution in [2.75, 3.05) is 13.2 Å². The molecule has 0 bridgehead atoms. The second-order valence-electron chi connectivity index (χ2n) is 18.1. The van der Waals surface area contributed by atoms with Gasteiger partial charge >= 0.3 is 313 Å². The molecular formula is C42H80O4Si2Ti. The van der Waals surface area contributed by atoms with Gasteiger partial charge in [-0.1, -0.05) is 0 Å². The minimum absolute atomic E-state index is 0.763. The van der Waals surface area contributed by atoms with E-state index in [9.17, 15) is 0 Å². The van der Waals surface area contributed by atoms with Crippen LogP contribution in [-0.2, 0) is 30.8 Å². The van der Waals surface area contributed by atoms with E-state index in [1.165, 1.54) is 193 Å². The summed E-state index contributed by atoms with van der Waals surface area (Å²) in [6.45, 7) is 6.15. The van der Waals surface area contributed by atoms with Crippen molar-refractivity contribution in [2.24, 2.45) is 0 Å². The molecule has 6 saturated carbocycles. The zero-order valence-corrected chi connectivity index (χ0v) is 36.2. The van der Waals surface area contributed by atoms with Crippen LogP contribution in [0.5, 0.6) is 0 Å². The summed E-state index contributed by atoms with van der Waals surface area (Å²) < 4.78 is 32.4. The van der Waals surface area contributed by atoms with Crippen LogP contribution in [0, 0.1) is 0 Å². The standard InChI is InChI=1S/2C18H33OSi.2C3H7O.Ti/c2*19-20(16-10-4-1-5-11-16,17-12-6-2-7-13-17)18-14-8-3-9-15-18;2*1-2-3-4;/h2*16-18H,1-15H2;2*2-3H2,1H3;/q4*-1;+4. The number of hydrogen-bond donors (Lipinski definition) is 0. The molecule has 6 rings (SSSR count). The van der Waals surface area contributed by atoms with Crippen LogP contribution in [0.25, 0.3) is 0 Å². The van der Waals surface area contributed by atoms with Gasteiger partial charge in [-0.05, 0) is 0 Å². The topological polar surface area (TPSA) is 36.9 Å². The molecule has 6 aliphatic carbocycles. The second-order valence-corrected chi connectivity index (χ2v) is 31.2. The first-order valence-corrected chi connectivity index (χ1v) is 29.7. The third kappa shape index (κ3) is 9.45. The molecule has 4 nitrogen and oxygen atoms in total. The molecule has 0 aromatic rings. The molecule has 7 heteroatoms. The molecule has 49 heavy (non-hydrogen) atoms. The fourth-order valence-corrected chi connectivity index (χ4v) is 39.0. The normalized spacial score (nSPS) is 26.3. The van der Waals surface area contributed by atoms with Crippen molar-refractivity contribution in [1.29, 1.82) is 0 Å². The van der Waals surface area contributed by atoms with Crippen molar-refractivity contribution < 1.29 is 30.8 Å². The second kappa shape index (κ2) is 20.1. The molecule has 0 aromatic heterocycles. The Morgan fingerprint density at radius 3 is 0.735 bits per heavy atom. The van der Waals surface area contributed by atoms with Crippen molar-refractivity contribution in [1.82, 2.24) is 0 Å². The van der Waals surface area contributed by atoms with E-state index in [1.54, 1.807) is 0 Å². The van der Waals surface area contributed by atoms with E-state index in [1.807, 2.05) is 0 Å². The average Bonchev–Trinajstić information content (AvgIpc) is 3.19. The maximum atomic E-state index is 8.67. The van der Waals surface area contributed by atoms with E-state index in [2.05, 4.69) is 13.8 Å². The first-order chi connectivity index (χ1) is 24.2. The van der Waals surface area contributed by atoms with Gasteiger partial charge in [0.1, 0.15) is 0 Å². The van der Waals surface area contributed by atoms with E-state index in [0.29, 0.717) is 0 Å². The molecule has 0 spiro atoms. The van der Waals surface area contributed by atoms with Crippen molar-refractivity contribution in [2.45, 2.75) is 253 Å². The Labute approximate surface area is 311 Å². The van der Waals surface area contributed by atoms with Gasteiger partial charge in [0.25, 0.3) is 0 Å². The van der Waals surface area contributed by atoms with E-state index < -0.39 is 34.8 Å². The Bertz CT molecular complexity index is 751. The summed E-state index contributed by atoms with van der Waals surface area (Å²) in [5, 5.41) is 0. The van der Waals surface area contributed by atoms with Gasteiger partial charge < -0.3 is 0 Å². The minimum atomic E-state index is -4.26. The summed E-state index contributed by atoms with van der Waals surface area (Å²) >= 11 is -4.26. The monoisotopic (exact) mass is 753 g/mol. The zero-order chi connectivity index (χ0) is 33.8. The first kappa shape index (κ1) is 39.7. The Morgan fingerprint density at radius 2 is 0.551 bits per heavy atom. The van der Waals surface area contributed by atoms with Gasteiger partial charge in [-0.25, -0.2) is 0 Å². The van der Waals surface area contributed by atoms with Crippen molar-refractivity contribution in [3.05, 3.63) is 0 Å². The quantitative estimate of drug-likeness (QED) is 0.147. The molecular weight excluding hydrogens is 672 g/mol. The molecule has 0 saturated heterocycles. The molecule has 0 N–H and O–H groups in total. The zero-order valence-electron chi connectivity index (χ0n) is 32.6. The summed E-state index contributed by atoms with van der Waals surface area (Å²) in [4.78, 5) is 0. The van der Waals surface area contributed by atoms with E-state index in [4.69, 9.17) is 12.7 Å². The molecule has 0 heterocycles. The molecule has 0 radical (unpaired) electrons. The summed E-state index contributed by atoms with van der Waals surface area (Å²) in [5.41, 5.74) is 4.70. The molecule has 6 aliphatic rings. The van der Waals surface area contributed by atoms with Crippen LogP contribution in [0.1, 0.15) is 219 Å². The molecule has 0 aromatic carbocycles. The van der Waals surface area contributed by atoms with Crippen LogP contribution in [0.3, 0.4) is 0 Å². The molecule has 284 valence electrons. The van der Waals surface area contributed by atoms with E-state index in [-0.39, 0.29) is 0 Å². The molecule has 0 unspecified atom stereocenters. The van der Waals surface area contributed by atoms with Crippen LogP contribution in [0.15, 0.2) is 0 Å². The summed E-state index contributed by atoms with van der Waals surface area (Å²) in [7, 11) is -4.69. The maximum absolute atomic E-state index is 8.67. The predicted molar refractivity (Wildman–Crippen MR) is 207 cm³/mol. The summed E-state index contributed by atoms with van der Waals surface area (Å²) in [5.74, 6) is 0. The van der Waals surface area contributed by atoms with Gasteiger partial charge in [-0.3, -0.25) is 0 Å². The Hall–Kier alpha value is 0.988. The molecule has 0 aliphatic heterocycles. The third-order valence-corrected chi connectivity index (χ3v) is 34.8. The van der Waals surface area contributed by atoms with Gasteiger partial charge in [0.05, 0.1) is 0 Å². The van der Waals surface area contributed by atoms with Crippen LogP contribution in [0.4, 0.5) is 0 Å². The Kier molecular flexibility index (Phi) is 16.2. The third-order valence-electron chi connectivity index (χ3n) is 15.0. The van der Waals surface area contributed by atoms with Crippen molar-refractivity contribution in [3.8, 4) is 0 Å². The van der Waals surface area contributed by atoms with Gasteiger partial charge in [-0.15, -0.1) is 0 Å². The fraction of sp³-hybridized carbons (Fsp3) is 1.00. The van der Waals surface area contributed by atoms with Crippen molar-refractivity contribution in [3.63, 3.8) is 0 Å². The van der Waals surface area contributed by atoms with Gasteiger partial charge in [0.2, 0.25) is 0 Å². The molecule has 0 amide bonds. The van der Waals surface area contributed by atoms with Crippen LogP contribution < -0.4 is 0 Å². The first-order valence-electron chi connectivity index (χ1n) is 22.8. The van der Waals surface area contributed by atoms with Crippen molar-refractivity contribution >= 4 is 16.6 Å². The fourth-order valence-electron chi connectivity index (χ4n) is 12.9. The van der Waals surface area contributed by atoms with Crippen LogP contribution in [0.2, 0.25) is 33.2 Å². The molecule has 6 fully saturated rings. The number of rotatable bonds is 16. The summed E-state index contributed by atoms with van der Waals surface area (Å²) in [6, 6.07) is 0. The van der Waals surface area contributed by atoms with Gasteiger partial charge in [-0.2, -0.15) is 0 Å². The SMILES string of the molecule is CCC[O][Ti]([O]CCC)([O][Si](C1CCCCC1)(C1CCCCC1)C1CCCCC1)[O][Si](C1CCCCC1)(C1CCCCC1)C1CCCCC1. The van der Waals surface area contributed by atoms with E-state index in [0.717, 1.165) is 59.3 Å². The average molecular weight is 753 g/mol. The van der Waals surface area contributed by atoms with Crippen LogP contribution >= 0.6 is 0 Å². The van der Waals surface area contributed by atoms with Crippen LogP contribution in [-0.4, -0.2) is 29.8 Å². The van der Waals surface area contributed by atoms with E-state index >= 15 is 0 Å². The predicted octanol–water partition coefficient (Wildman–Crippen LogP) is 14.6. The Morgan fingerprint density at radius 1 is 0.347 bits per heavy atom. The van der Waals surface area contributed by atoms with Gasteiger partial charge in [0.15, 0.2) is 0 Å².